The third-order valence-corrected chi connectivity index (χ3v) is 2.76. The Morgan fingerprint density at radius 2 is 1.94 bits per heavy atom. The number of aromatic nitrogens is 1. The maximum Gasteiger partial charge on any atom is 0.397 e. The summed E-state index contributed by atoms with van der Waals surface area (Å²) in [7, 11) is 0. The van der Waals surface area contributed by atoms with Crippen LogP contribution in [0.4, 0.5) is 5.69 Å². The van der Waals surface area contributed by atoms with Crippen LogP contribution in [0.15, 0.2) is 21.3 Å². The van der Waals surface area contributed by atoms with Gasteiger partial charge in [0.2, 0.25) is 0 Å². The van der Waals surface area contributed by atoms with Crippen molar-refractivity contribution in [2.45, 2.75) is 6.92 Å². The van der Waals surface area contributed by atoms with E-state index in [2.05, 4.69) is 46.9 Å². The van der Waals surface area contributed by atoms with E-state index in [-0.39, 0.29) is 6.61 Å². The molecule has 86 valence electrons. The molecule has 1 rings (SSSR count). The Morgan fingerprint density at radius 3 is 2.44 bits per heavy atom. The highest BCUT2D eigenvalue weighted by molar-refractivity contribution is 9.11. The first-order valence-corrected chi connectivity index (χ1v) is 5.92. The first-order valence-electron chi connectivity index (χ1n) is 4.33. The van der Waals surface area contributed by atoms with Crippen LogP contribution in [-0.2, 0) is 14.3 Å². The molecule has 1 aromatic rings. The topological polar surface area (TPSA) is 68.3 Å². The molecule has 0 aliphatic carbocycles. The van der Waals surface area contributed by atoms with E-state index in [1.54, 1.807) is 6.92 Å². The van der Waals surface area contributed by atoms with E-state index in [0.717, 1.165) is 0 Å². The van der Waals surface area contributed by atoms with Gasteiger partial charge in [-0.2, -0.15) is 0 Å². The SMILES string of the molecule is CCOC(=O)C(=O)Nc1c(Br)cncc1Br. The molecule has 1 amide bonds. The monoisotopic (exact) mass is 350 g/mol. The summed E-state index contributed by atoms with van der Waals surface area (Å²) in [6.45, 7) is 1.79. The Labute approximate surface area is 109 Å². The zero-order valence-electron chi connectivity index (χ0n) is 8.29. The number of amides is 1. The van der Waals surface area contributed by atoms with Crippen LogP contribution in [0.3, 0.4) is 0 Å². The highest BCUT2D eigenvalue weighted by Gasteiger charge is 2.17. The molecule has 7 heteroatoms. The van der Waals surface area contributed by atoms with Crippen molar-refractivity contribution < 1.29 is 14.3 Å². The molecule has 0 aromatic carbocycles. The number of nitrogens with zero attached hydrogens (tertiary/aromatic N) is 1. The first-order chi connectivity index (χ1) is 7.56. The standard InChI is InChI=1S/C9H8Br2N2O3/c1-2-16-9(15)8(14)13-7-5(10)3-12-4-6(7)11/h3-4H,2H2,1H3,(H,12,13,14). The van der Waals surface area contributed by atoms with Crippen molar-refractivity contribution in [3.05, 3.63) is 21.3 Å². The zero-order chi connectivity index (χ0) is 12.1. The normalized spacial score (nSPS) is 9.69. The third kappa shape index (κ3) is 3.28. The summed E-state index contributed by atoms with van der Waals surface area (Å²) in [5.74, 6) is -1.74. The number of ether oxygens (including phenoxy) is 1. The quantitative estimate of drug-likeness (QED) is 0.654. The first kappa shape index (κ1) is 13.1. The molecule has 0 bridgehead atoms. The Kier molecular flexibility index (Phi) is 4.88. The van der Waals surface area contributed by atoms with Crippen molar-refractivity contribution >= 4 is 49.4 Å². The number of esters is 1. The molecule has 1 heterocycles. The van der Waals surface area contributed by atoms with E-state index in [1.807, 2.05) is 0 Å². The van der Waals surface area contributed by atoms with Crippen LogP contribution in [0, 0.1) is 0 Å². The summed E-state index contributed by atoms with van der Waals surface area (Å²) in [6, 6.07) is 0. The molecule has 1 aromatic heterocycles. The summed E-state index contributed by atoms with van der Waals surface area (Å²) in [5, 5.41) is 2.42. The molecular weight excluding hydrogens is 344 g/mol. The van der Waals surface area contributed by atoms with Crippen molar-refractivity contribution in [2.24, 2.45) is 0 Å². The van der Waals surface area contributed by atoms with E-state index < -0.39 is 11.9 Å². The fourth-order valence-corrected chi connectivity index (χ4v) is 2.02. The average Bonchev–Trinajstić information content (AvgIpc) is 2.23. The molecule has 0 unspecified atom stereocenters. The maximum absolute atomic E-state index is 11.4. The fourth-order valence-electron chi connectivity index (χ4n) is 0.892. The van der Waals surface area contributed by atoms with Gasteiger partial charge < -0.3 is 10.1 Å². The minimum Gasteiger partial charge on any atom is -0.459 e. The van der Waals surface area contributed by atoms with E-state index in [9.17, 15) is 9.59 Å². The number of carbonyl (C=O) groups excluding carboxylic acids is 2. The summed E-state index contributed by atoms with van der Waals surface area (Å²) in [4.78, 5) is 26.3. The van der Waals surface area contributed by atoms with Crippen LogP contribution < -0.4 is 5.32 Å². The second kappa shape index (κ2) is 5.95. The van der Waals surface area contributed by atoms with Gasteiger partial charge in [-0.15, -0.1) is 0 Å². The Morgan fingerprint density at radius 1 is 1.38 bits per heavy atom. The smallest absolute Gasteiger partial charge is 0.397 e. The summed E-state index contributed by atoms with van der Waals surface area (Å²) >= 11 is 6.41. The van der Waals surface area contributed by atoms with Gasteiger partial charge in [-0.3, -0.25) is 9.78 Å². The summed E-state index contributed by atoms with van der Waals surface area (Å²) in [6.07, 6.45) is 3.01. The predicted molar refractivity (Wildman–Crippen MR) is 64.9 cm³/mol. The maximum atomic E-state index is 11.4. The minimum absolute atomic E-state index is 0.158. The fraction of sp³-hybridized carbons (Fsp3) is 0.222. The Balaban J connectivity index is 2.81. The number of nitrogens with one attached hydrogen (secondary N) is 1. The Bertz CT molecular complexity index is 403. The lowest BCUT2D eigenvalue weighted by Crippen LogP contribution is -2.25. The average molecular weight is 352 g/mol. The molecule has 0 aliphatic heterocycles. The molecule has 0 aliphatic rings. The van der Waals surface area contributed by atoms with Crippen molar-refractivity contribution in [3.8, 4) is 0 Å². The van der Waals surface area contributed by atoms with Crippen LogP contribution in [0.2, 0.25) is 0 Å². The predicted octanol–water partition coefficient (Wildman–Crippen LogP) is 2.11. The minimum atomic E-state index is -0.918. The van der Waals surface area contributed by atoms with E-state index >= 15 is 0 Å². The van der Waals surface area contributed by atoms with Crippen molar-refractivity contribution in [1.82, 2.24) is 4.98 Å². The largest absolute Gasteiger partial charge is 0.459 e. The number of rotatable bonds is 2. The van der Waals surface area contributed by atoms with Crippen LogP contribution in [0.5, 0.6) is 0 Å². The lowest BCUT2D eigenvalue weighted by atomic mass is 10.4. The molecule has 0 spiro atoms. The summed E-state index contributed by atoms with van der Waals surface area (Å²) in [5.41, 5.74) is 0.438. The van der Waals surface area contributed by atoms with Gasteiger partial charge in [-0.05, 0) is 38.8 Å². The zero-order valence-corrected chi connectivity index (χ0v) is 11.5. The third-order valence-electron chi connectivity index (χ3n) is 1.55. The molecule has 0 saturated carbocycles. The van der Waals surface area contributed by atoms with Gasteiger partial charge in [0.1, 0.15) is 0 Å². The van der Waals surface area contributed by atoms with Gasteiger partial charge in [0.05, 0.1) is 21.2 Å². The molecule has 5 nitrogen and oxygen atoms in total. The molecule has 0 radical (unpaired) electrons. The summed E-state index contributed by atoms with van der Waals surface area (Å²) < 4.78 is 5.70. The van der Waals surface area contributed by atoms with Crippen LogP contribution in [0.25, 0.3) is 0 Å². The number of anilines is 1. The van der Waals surface area contributed by atoms with Crippen LogP contribution >= 0.6 is 31.9 Å². The molecule has 16 heavy (non-hydrogen) atoms. The van der Waals surface area contributed by atoms with Gasteiger partial charge in [0.15, 0.2) is 0 Å². The lowest BCUT2D eigenvalue weighted by Gasteiger charge is -2.07. The number of hydrogen-bond donors (Lipinski definition) is 1. The highest BCUT2D eigenvalue weighted by atomic mass is 79.9. The molecular formula is C9H8Br2N2O3. The van der Waals surface area contributed by atoms with Gasteiger partial charge >= 0.3 is 11.9 Å². The van der Waals surface area contributed by atoms with E-state index in [4.69, 9.17) is 0 Å². The van der Waals surface area contributed by atoms with Crippen molar-refractivity contribution in [3.63, 3.8) is 0 Å². The second-order valence-electron chi connectivity index (χ2n) is 2.65. The van der Waals surface area contributed by atoms with Crippen LogP contribution in [0.1, 0.15) is 6.92 Å². The van der Waals surface area contributed by atoms with Gasteiger partial charge in [-0.25, -0.2) is 4.79 Å². The molecule has 0 atom stereocenters. The highest BCUT2D eigenvalue weighted by Crippen LogP contribution is 2.29. The van der Waals surface area contributed by atoms with E-state index in [0.29, 0.717) is 14.6 Å². The van der Waals surface area contributed by atoms with Gasteiger partial charge in [0, 0.05) is 12.4 Å². The molecule has 0 saturated heterocycles. The number of pyridine rings is 1. The van der Waals surface area contributed by atoms with Crippen LogP contribution in [-0.4, -0.2) is 23.5 Å². The number of hydrogen-bond acceptors (Lipinski definition) is 4. The van der Waals surface area contributed by atoms with Crippen molar-refractivity contribution in [2.75, 3.05) is 11.9 Å². The van der Waals surface area contributed by atoms with Gasteiger partial charge in [0.25, 0.3) is 0 Å². The van der Waals surface area contributed by atoms with Crippen molar-refractivity contribution in [1.29, 1.82) is 0 Å². The second-order valence-corrected chi connectivity index (χ2v) is 4.36. The van der Waals surface area contributed by atoms with Gasteiger partial charge in [-0.1, -0.05) is 0 Å². The number of carbonyl (C=O) groups is 2. The molecule has 1 N–H and O–H groups in total. The molecule has 0 fully saturated rings. The number of halogens is 2. The van der Waals surface area contributed by atoms with E-state index in [1.165, 1.54) is 12.4 Å². The Hall–Kier alpha value is -0.950. The lowest BCUT2D eigenvalue weighted by molar-refractivity contribution is -0.152.